The molecule has 1 saturated heterocycles. The van der Waals surface area contributed by atoms with E-state index in [0.717, 1.165) is 36.8 Å². The van der Waals surface area contributed by atoms with E-state index in [0.29, 0.717) is 10.7 Å². The van der Waals surface area contributed by atoms with Gasteiger partial charge in [-0.2, -0.15) is 0 Å². The van der Waals surface area contributed by atoms with Crippen LogP contribution in [0.15, 0.2) is 18.2 Å². The van der Waals surface area contributed by atoms with E-state index >= 15 is 0 Å². The van der Waals surface area contributed by atoms with E-state index < -0.39 is 0 Å². The number of likely N-dealkylation sites (tertiary alicyclic amines) is 1. The molecule has 5 nitrogen and oxygen atoms in total. The Labute approximate surface area is 162 Å². The largest absolute Gasteiger partial charge is 0.465 e. The van der Waals surface area contributed by atoms with Crippen molar-refractivity contribution in [2.75, 3.05) is 32.1 Å². The monoisotopic (exact) mass is 377 g/mol. The number of esters is 1. The number of hydrogen-bond donors (Lipinski definition) is 2. The Kier molecular flexibility index (Phi) is 8.32. The molecule has 26 heavy (non-hydrogen) atoms. The SMILES string of the molecule is CCC1CCCCN1CCCNC(=S)Nc1cc(C(=O)OC)ccc1C. The molecule has 1 atom stereocenters. The zero-order chi connectivity index (χ0) is 18.9. The first-order valence-corrected chi connectivity index (χ1v) is 9.93. The number of aryl methyl sites for hydroxylation is 1. The van der Waals surface area contributed by atoms with Gasteiger partial charge in [-0.05, 0) is 69.1 Å². The highest BCUT2D eigenvalue weighted by Crippen LogP contribution is 2.19. The molecule has 0 amide bonds. The van der Waals surface area contributed by atoms with Crippen LogP contribution in [-0.4, -0.2) is 48.8 Å². The Hall–Kier alpha value is -1.66. The summed E-state index contributed by atoms with van der Waals surface area (Å²) in [6, 6.07) is 6.16. The molecule has 0 bridgehead atoms. The van der Waals surface area contributed by atoms with Crippen LogP contribution in [0.5, 0.6) is 0 Å². The number of benzene rings is 1. The van der Waals surface area contributed by atoms with Crippen LogP contribution in [0.3, 0.4) is 0 Å². The topological polar surface area (TPSA) is 53.6 Å². The number of nitrogens with one attached hydrogen (secondary N) is 2. The summed E-state index contributed by atoms with van der Waals surface area (Å²) >= 11 is 5.40. The van der Waals surface area contributed by atoms with Gasteiger partial charge in [-0.25, -0.2) is 4.79 Å². The summed E-state index contributed by atoms with van der Waals surface area (Å²) in [4.78, 5) is 14.3. The standard InChI is InChI=1S/C20H31N3O2S/c1-4-17-8-5-6-12-23(17)13-7-11-21-20(26)22-18-14-16(19(24)25-3)10-9-15(18)2/h9-10,14,17H,4-8,11-13H2,1-3H3,(H2,21,22,26). The number of methoxy groups -OCH3 is 1. The van der Waals surface area contributed by atoms with Crippen molar-refractivity contribution >= 4 is 29.0 Å². The molecule has 6 heteroatoms. The van der Waals surface area contributed by atoms with E-state index in [9.17, 15) is 4.79 Å². The summed E-state index contributed by atoms with van der Waals surface area (Å²) in [5, 5.41) is 7.04. The number of anilines is 1. The van der Waals surface area contributed by atoms with Gasteiger partial charge in [-0.15, -0.1) is 0 Å². The number of piperidine rings is 1. The lowest BCUT2D eigenvalue weighted by atomic mass is 10.00. The van der Waals surface area contributed by atoms with Crippen molar-refractivity contribution in [3.8, 4) is 0 Å². The van der Waals surface area contributed by atoms with Gasteiger partial charge in [0.1, 0.15) is 0 Å². The second-order valence-electron chi connectivity index (χ2n) is 6.85. The minimum Gasteiger partial charge on any atom is -0.465 e. The van der Waals surface area contributed by atoms with Gasteiger partial charge in [-0.1, -0.05) is 19.4 Å². The summed E-state index contributed by atoms with van der Waals surface area (Å²) in [7, 11) is 1.38. The molecule has 144 valence electrons. The Bertz CT molecular complexity index is 621. The lowest BCUT2D eigenvalue weighted by molar-refractivity contribution is 0.0601. The third kappa shape index (κ3) is 5.95. The number of ether oxygens (including phenoxy) is 1. The van der Waals surface area contributed by atoms with Crippen LogP contribution in [0.1, 0.15) is 54.9 Å². The van der Waals surface area contributed by atoms with Gasteiger partial charge >= 0.3 is 5.97 Å². The number of thiocarbonyl (C=S) groups is 1. The van der Waals surface area contributed by atoms with Crippen LogP contribution in [0, 0.1) is 6.92 Å². The molecule has 0 radical (unpaired) electrons. The lowest BCUT2D eigenvalue weighted by Crippen LogP contribution is -2.41. The summed E-state index contributed by atoms with van der Waals surface area (Å²) in [5.41, 5.74) is 2.37. The fourth-order valence-corrected chi connectivity index (χ4v) is 3.68. The van der Waals surface area contributed by atoms with Crippen molar-refractivity contribution in [2.45, 2.75) is 52.0 Å². The Balaban J connectivity index is 1.77. The average Bonchev–Trinajstić information content (AvgIpc) is 2.66. The first-order valence-electron chi connectivity index (χ1n) is 9.53. The Morgan fingerprint density at radius 1 is 1.38 bits per heavy atom. The van der Waals surface area contributed by atoms with E-state index in [1.54, 1.807) is 12.1 Å². The molecule has 1 aromatic rings. The van der Waals surface area contributed by atoms with Crippen LogP contribution in [0.25, 0.3) is 0 Å². The fourth-order valence-electron chi connectivity index (χ4n) is 3.47. The van der Waals surface area contributed by atoms with Gasteiger partial charge in [0.15, 0.2) is 5.11 Å². The Morgan fingerprint density at radius 3 is 2.92 bits per heavy atom. The second kappa shape index (κ2) is 10.5. The quantitative estimate of drug-likeness (QED) is 0.429. The van der Waals surface area contributed by atoms with Crippen molar-refractivity contribution in [3.05, 3.63) is 29.3 Å². The highest BCUT2D eigenvalue weighted by atomic mass is 32.1. The molecule has 1 aliphatic heterocycles. The van der Waals surface area contributed by atoms with Crippen molar-refractivity contribution in [1.82, 2.24) is 10.2 Å². The molecule has 1 fully saturated rings. The number of carbonyl (C=O) groups is 1. The van der Waals surface area contributed by atoms with E-state index in [-0.39, 0.29) is 5.97 Å². The molecule has 0 spiro atoms. The molecule has 0 aromatic heterocycles. The van der Waals surface area contributed by atoms with Gasteiger partial charge in [0.2, 0.25) is 0 Å². The zero-order valence-corrected chi connectivity index (χ0v) is 17.0. The summed E-state index contributed by atoms with van der Waals surface area (Å²) in [6.45, 7) is 7.44. The molecule has 1 aromatic carbocycles. The van der Waals surface area contributed by atoms with Crippen LogP contribution >= 0.6 is 12.2 Å². The number of carbonyl (C=O) groups excluding carboxylic acids is 1. The third-order valence-corrected chi connectivity index (χ3v) is 5.28. The van der Waals surface area contributed by atoms with Gasteiger partial charge in [0.05, 0.1) is 12.7 Å². The van der Waals surface area contributed by atoms with E-state index in [1.165, 1.54) is 39.3 Å². The maximum absolute atomic E-state index is 11.7. The first-order chi connectivity index (χ1) is 12.5. The Morgan fingerprint density at radius 2 is 2.19 bits per heavy atom. The molecule has 1 aliphatic rings. The summed E-state index contributed by atoms with van der Waals surface area (Å²) in [6.07, 6.45) is 6.33. The maximum Gasteiger partial charge on any atom is 0.337 e. The molecule has 2 rings (SSSR count). The molecule has 2 N–H and O–H groups in total. The second-order valence-corrected chi connectivity index (χ2v) is 7.26. The predicted molar refractivity (Wildman–Crippen MR) is 111 cm³/mol. The zero-order valence-electron chi connectivity index (χ0n) is 16.1. The fraction of sp³-hybridized carbons (Fsp3) is 0.600. The molecule has 1 unspecified atom stereocenters. The third-order valence-electron chi connectivity index (χ3n) is 5.03. The van der Waals surface area contributed by atoms with Crippen molar-refractivity contribution < 1.29 is 9.53 Å². The number of nitrogens with zero attached hydrogens (tertiary/aromatic N) is 1. The first kappa shape index (κ1) is 20.6. The number of rotatable bonds is 7. The van der Waals surface area contributed by atoms with Gasteiger partial charge in [-0.3, -0.25) is 0 Å². The molecule has 0 saturated carbocycles. The van der Waals surface area contributed by atoms with Crippen LogP contribution in [0.4, 0.5) is 5.69 Å². The van der Waals surface area contributed by atoms with E-state index in [1.807, 2.05) is 13.0 Å². The lowest BCUT2D eigenvalue weighted by Gasteiger charge is -2.35. The van der Waals surface area contributed by atoms with E-state index in [2.05, 4.69) is 22.5 Å². The normalized spacial score (nSPS) is 17.6. The summed E-state index contributed by atoms with van der Waals surface area (Å²) < 4.78 is 4.77. The van der Waals surface area contributed by atoms with Gasteiger partial charge in [0.25, 0.3) is 0 Å². The van der Waals surface area contributed by atoms with Crippen molar-refractivity contribution in [3.63, 3.8) is 0 Å². The smallest absolute Gasteiger partial charge is 0.337 e. The molecular formula is C20H31N3O2S. The van der Waals surface area contributed by atoms with Crippen LogP contribution < -0.4 is 10.6 Å². The molecular weight excluding hydrogens is 346 g/mol. The molecule has 0 aliphatic carbocycles. The van der Waals surface area contributed by atoms with E-state index in [4.69, 9.17) is 17.0 Å². The van der Waals surface area contributed by atoms with Gasteiger partial charge < -0.3 is 20.3 Å². The van der Waals surface area contributed by atoms with Gasteiger partial charge in [0, 0.05) is 24.8 Å². The summed E-state index contributed by atoms with van der Waals surface area (Å²) in [5.74, 6) is -0.348. The van der Waals surface area contributed by atoms with Crippen LogP contribution in [0.2, 0.25) is 0 Å². The minimum absolute atomic E-state index is 0.348. The average molecular weight is 378 g/mol. The molecule has 1 heterocycles. The number of hydrogen-bond acceptors (Lipinski definition) is 4. The predicted octanol–water partition coefficient (Wildman–Crippen LogP) is 3.72. The minimum atomic E-state index is -0.348. The van der Waals surface area contributed by atoms with Crippen LogP contribution in [-0.2, 0) is 4.74 Å². The highest BCUT2D eigenvalue weighted by molar-refractivity contribution is 7.80. The van der Waals surface area contributed by atoms with Crippen molar-refractivity contribution in [1.29, 1.82) is 0 Å². The maximum atomic E-state index is 11.7. The highest BCUT2D eigenvalue weighted by Gasteiger charge is 2.19. The van der Waals surface area contributed by atoms with Crippen molar-refractivity contribution in [2.24, 2.45) is 0 Å².